The number of nitrogens with zero attached hydrogens (tertiary/aromatic N) is 1. The van der Waals surface area contributed by atoms with Gasteiger partial charge in [0, 0.05) is 5.31 Å². The number of hydrogen-bond acceptors (Lipinski definition) is 3. The minimum absolute atomic E-state index is 0.106. The van der Waals surface area contributed by atoms with Gasteiger partial charge in [-0.25, -0.2) is 4.89 Å². The third kappa shape index (κ3) is 1.86. The maximum atomic E-state index is 8.77. The van der Waals surface area contributed by atoms with Gasteiger partial charge < -0.3 is 0 Å². The van der Waals surface area contributed by atoms with Crippen molar-refractivity contribution in [2.24, 2.45) is 0 Å². The fourth-order valence-electron chi connectivity index (χ4n) is 1.92. The Morgan fingerprint density at radius 1 is 1.12 bits per heavy atom. The molecule has 0 spiro atoms. The van der Waals surface area contributed by atoms with E-state index in [2.05, 4.69) is 19.9 Å². The third-order valence-corrected chi connectivity index (χ3v) is 3.90. The predicted octanol–water partition coefficient (Wildman–Crippen LogP) is 2.28. The SMILES string of the molecule is CC1(C)OOB(c2ccc(C#N)cc2)C1(C)C. The van der Waals surface area contributed by atoms with Crippen molar-refractivity contribution in [3.63, 3.8) is 0 Å². The molecule has 0 N–H and O–H groups in total. The maximum Gasteiger partial charge on any atom is 0.381 e. The van der Waals surface area contributed by atoms with Gasteiger partial charge in [0.25, 0.3) is 0 Å². The highest BCUT2D eigenvalue weighted by molar-refractivity contribution is 6.70. The van der Waals surface area contributed by atoms with Crippen LogP contribution in [0.4, 0.5) is 0 Å². The highest BCUT2D eigenvalue weighted by Crippen LogP contribution is 2.48. The van der Waals surface area contributed by atoms with Gasteiger partial charge in [-0.2, -0.15) is 5.26 Å². The van der Waals surface area contributed by atoms with Gasteiger partial charge in [-0.05, 0) is 31.4 Å². The van der Waals surface area contributed by atoms with E-state index in [4.69, 9.17) is 15.0 Å². The van der Waals surface area contributed by atoms with Crippen LogP contribution in [0.2, 0.25) is 5.31 Å². The molecule has 1 heterocycles. The minimum atomic E-state index is -0.328. The zero-order chi connectivity index (χ0) is 12.7. The van der Waals surface area contributed by atoms with Gasteiger partial charge in [-0.1, -0.05) is 26.0 Å². The molecular weight excluding hydrogens is 213 g/mol. The van der Waals surface area contributed by atoms with Gasteiger partial charge in [0.1, 0.15) is 0 Å². The molecule has 3 nitrogen and oxygen atoms in total. The normalized spacial score (nSPS) is 21.2. The summed E-state index contributed by atoms with van der Waals surface area (Å²) in [7, 11) is 0. The molecule has 0 saturated carbocycles. The van der Waals surface area contributed by atoms with E-state index in [-0.39, 0.29) is 17.8 Å². The molecule has 1 fully saturated rings. The molecule has 1 aromatic carbocycles. The van der Waals surface area contributed by atoms with E-state index in [0.29, 0.717) is 5.56 Å². The lowest BCUT2D eigenvalue weighted by molar-refractivity contribution is -0.261. The first-order valence-corrected chi connectivity index (χ1v) is 5.73. The molecule has 1 aromatic rings. The summed E-state index contributed by atoms with van der Waals surface area (Å²) in [4.78, 5) is 10.9. The van der Waals surface area contributed by atoms with Crippen LogP contribution in [0.25, 0.3) is 0 Å². The Bertz CT molecular complexity index is 459. The fraction of sp³-hybridized carbons (Fsp3) is 0.462. The molecule has 4 heteroatoms. The second kappa shape index (κ2) is 3.87. The Labute approximate surface area is 102 Å². The molecule has 0 bridgehead atoms. The van der Waals surface area contributed by atoms with Gasteiger partial charge in [-0.3, -0.25) is 4.81 Å². The molecule has 17 heavy (non-hydrogen) atoms. The summed E-state index contributed by atoms with van der Waals surface area (Å²) in [5.41, 5.74) is 1.37. The van der Waals surface area contributed by atoms with Gasteiger partial charge in [0.05, 0.1) is 17.2 Å². The summed E-state index contributed by atoms with van der Waals surface area (Å²) in [6.45, 7) is 8.20. The van der Waals surface area contributed by atoms with E-state index < -0.39 is 0 Å². The molecule has 0 aliphatic carbocycles. The highest BCUT2D eigenvalue weighted by Gasteiger charge is 2.56. The van der Waals surface area contributed by atoms with E-state index in [9.17, 15) is 0 Å². The minimum Gasteiger partial charge on any atom is -0.297 e. The van der Waals surface area contributed by atoms with E-state index >= 15 is 0 Å². The lowest BCUT2D eigenvalue weighted by Gasteiger charge is -2.31. The van der Waals surface area contributed by atoms with Crippen molar-refractivity contribution in [2.75, 3.05) is 0 Å². The average Bonchev–Trinajstić information content (AvgIpc) is 2.49. The monoisotopic (exact) mass is 229 g/mol. The molecule has 1 aliphatic rings. The smallest absolute Gasteiger partial charge is 0.297 e. The van der Waals surface area contributed by atoms with Crippen LogP contribution < -0.4 is 5.46 Å². The molecular formula is C13H16BNO2. The van der Waals surface area contributed by atoms with Crippen molar-refractivity contribution < 1.29 is 9.69 Å². The van der Waals surface area contributed by atoms with E-state index in [1.54, 1.807) is 12.1 Å². The van der Waals surface area contributed by atoms with Crippen molar-refractivity contribution in [3.05, 3.63) is 29.8 Å². The third-order valence-electron chi connectivity index (χ3n) is 3.90. The molecule has 0 unspecified atom stereocenters. The van der Waals surface area contributed by atoms with Crippen LogP contribution in [0.1, 0.15) is 33.3 Å². The van der Waals surface area contributed by atoms with Crippen LogP contribution in [0.5, 0.6) is 0 Å². The highest BCUT2D eigenvalue weighted by atomic mass is 17.2. The molecule has 0 atom stereocenters. The second-order valence-corrected chi connectivity index (χ2v) is 5.53. The molecule has 0 amide bonds. The van der Waals surface area contributed by atoms with E-state index in [1.165, 1.54) is 0 Å². The topological polar surface area (TPSA) is 42.2 Å². The first kappa shape index (κ1) is 12.2. The Balaban J connectivity index is 2.33. The zero-order valence-electron chi connectivity index (χ0n) is 10.7. The van der Waals surface area contributed by atoms with Crippen molar-refractivity contribution in [2.45, 2.75) is 38.6 Å². The summed E-state index contributed by atoms with van der Waals surface area (Å²) in [5, 5.41) is 8.65. The Kier molecular flexibility index (Phi) is 2.77. The fourth-order valence-corrected chi connectivity index (χ4v) is 1.92. The van der Waals surface area contributed by atoms with Crippen LogP contribution in [0.15, 0.2) is 24.3 Å². The standard InChI is InChI=1S/C13H16BNO2/c1-12(2)13(3,4)16-17-14(12)11-7-5-10(9-15)6-8-11/h5-8H,1-4H3. The predicted molar refractivity (Wildman–Crippen MR) is 66.8 cm³/mol. The summed E-state index contributed by atoms with van der Waals surface area (Å²) in [6.07, 6.45) is 0. The molecule has 1 saturated heterocycles. The largest absolute Gasteiger partial charge is 0.381 e. The second-order valence-electron chi connectivity index (χ2n) is 5.53. The Hall–Kier alpha value is -1.31. The maximum absolute atomic E-state index is 8.77. The Morgan fingerprint density at radius 3 is 2.12 bits per heavy atom. The van der Waals surface area contributed by atoms with Gasteiger partial charge in [0.2, 0.25) is 0 Å². The molecule has 1 aliphatic heterocycles. The molecule has 0 aromatic heterocycles. The summed E-state index contributed by atoms with van der Waals surface area (Å²) in [5.74, 6) is 0. The van der Waals surface area contributed by atoms with E-state index in [0.717, 1.165) is 5.46 Å². The summed E-state index contributed by atoms with van der Waals surface area (Å²) in [6, 6.07) is 9.57. The lowest BCUT2D eigenvalue weighted by Crippen LogP contribution is -2.44. The van der Waals surface area contributed by atoms with Crippen molar-refractivity contribution >= 4 is 12.4 Å². The number of benzene rings is 1. The molecule has 88 valence electrons. The Morgan fingerprint density at radius 2 is 1.71 bits per heavy atom. The van der Waals surface area contributed by atoms with E-state index in [1.807, 2.05) is 26.0 Å². The quantitative estimate of drug-likeness (QED) is 0.548. The van der Waals surface area contributed by atoms with Crippen LogP contribution in [-0.4, -0.2) is 12.5 Å². The van der Waals surface area contributed by atoms with Gasteiger partial charge in [0.15, 0.2) is 0 Å². The molecule has 2 rings (SSSR count). The average molecular weight is 229 g/mol. The summed E-state index contributed by atoms with van der Waals surface area (Å²) < 4.78 is 0. The first-order chi connectivity index (χ1) is 7.88. The van der Waals surface area contributed by atoms with Gasteiger partial charge in [-0.15, -0.1) is 0 Å². The first-order valence-electron chi connectivity index (χ1n) is 5.73. The van der Waals surface area contributed by atoms with Crippen LogP contribution in [0, 0.1) is 11.3 Å². The van der Waals surface area contributed by atoms with Crippen molar-refractivity contribution in [3.8, 4) is 6.07 Å². The van der Waals surface area contributed by atoms with Gasteiger partial charge >= 0.3 is 6.92 Å². The number of rotatable bonds is 1. The van der Waals surface area contributed by atoms with Crippen LogP contribution >= 0.6 is 0 Å². The zero-order valence-corrected chi connectivity index (χ0v) is 10.7. The number of hydrogen-bond donors (Lipinski definition) is 0. The lowest BCUT2D eigenvalue weighted by atomic mass is 9.40. The summed E-state index contributed by atoms with van der Waals surface area (Å²) >= 11 is 0. The number of nitriles is 1. The van der Waals surface area contributed by atoms with Crippen molar-refractivity contribution in [1.82, 2.24) is 0 Å². The van der Waals surface area contributed by atoms with Crippen LogP contribution in [-0.2, 0) is 9.69 Å². The van der Waals surface area contributed by atoms with Crippen molar-refractivity contribution in [1.29, 1.82) is 5.26 Å². The van der Waals surface area contributed by atoms with Crippen LogP contribution in [0.3, 0.4) is 0 Å². The molecule has 0 radical (unpaired) electrons.